The SMILES string of the molecule is O=C(NCCSC(F)(F)F)c1cc(F)ccc1C#CCO. The molecule has 1 aromatic carbocycles. The van der Waals surface area contributed by atoms with E-state index in [9.17, 15) is 22.4 Å². The average Bonchev–Trinajstić information content (AvgIpc) is 2.41. The summed E-state index contributed by atoms with van der Waals surface area (Å²) in [4.78, 5) is 11.8. The Kier molecular flexibility index (Phi) is 6.52. The van der Waals surface area contributed by atoms with Crippen LogP contribution in [0, 0.1) is 17.7 Å². The highest BCUT2D eigenvalue weighted by atomic mass is 32.2. The lowest BCUT2D eigenvalue weighted by atomic mass is 10.1. The number of hydrogen-bond donors (Lipinski definition) is 2. The van der Waals surface area contributed by atoms with Crippen molar-refractivity contribution in [3.63, 3.8) is 0 Å². The number of hydrogen-bond acceptors (Lipinski definition) is 3. The van der Waals surface area contributed by atoms with Gasteiger partial charge in [-0.3, -0.25) is 4.79 Å². The number of rotatable bonds is 4. The van der Waals surface area contributed by atoms with Crippen LogP contribution in [-0.2, 0) is 0 Å². The molecule has 0 aromatic heterocycles. The second kappa shape index (κ2) is 7.90. The molecule has 0 aliphatic heterocycles. The topological polar surface area (TPSA) is 49.3 Å². The molecule has 0 aliphatic rings. The van der Waals surface area contributed by atoms with Gasteiger partial charge >= 0.3 is 5.51 Å². The second-order valence-corrected chi connectivity index (χ2v) is 4.86. The first-order chi connectivity index (χ1) is 9.83. The van der Waals surface area contributed by atoms with Crippen molar-refractivity contribution >= 4 is 17.7 Å². The molecular weight excluding hydrogens is 310 g/mol. The molecule has 1 aromatic rings. The number of aliphatic hydroxyl groups excluding tert-OH is 1. The predicted octanol–water partition coefficient (Wildman–Crippen LogP) is 2.15. The Bertz CT molecular complexity index is 564. The van der Waals surface area contributed by atoms with Gasteiger partial charge in [-0.25, -0.2) is 4.39 Å². The van der Waals surface area contributed by atoms with E-state index < -0.39 is 23.8 Å². The Morgan fingerprint density at radius 1 is 1.38 bits per heavy atom. The number of halogens is 4. The highest BCUT2D eigenvalue weighted by Crippen LogP contribution is 2.29. The van der Waals surface area contributed by atoms with Crippen molar-refractivity contribution < 1.29 is 27.5 Å². The van der Waals surface area contributed by atoms with Crippen molar-refractivity contribution in [1.82, 2.24) is 5.32 Å². The van der Waals surface area contributed by atoms with Crippen molar-refractivity contribution in [3.8, 4) is 11.8 Å². The predicted molar refractivity (Wildman–Crippen MR) is 71.2 cm³/mol. The molecule has 21 heavy (non-hydrogen) atoms. The van der Waals surface area contributed by atoms with E-state index in [1.165, 1.54) is 6.07 Å². The van der Waals surface area contributed by atoms with Crippen LogP contribution in [0.15, 0.2) is 18.2 Å². The number of nitrogens with one attached hydrogen (secondary N) is 1. The van der Waals surface area contributed by atoms with Crippen molar-refractivity contribution in [2.24, 2.45) is 0 Å². The summed E-state index contributed by atoms with van der Waals surface area (Å²) in [6.07, 6.45) is 0. The quantitative estimate of drug-likeness (QED) is 0.507. The monoisotopic (exact) mass is 321 g/mol. The summed E-state index contributed by atoms with van der Waals surface area (Å²) in [6.45, 7) is -0.646. The highest BCUT2D eigenvalue weighted by molar-refractivity contribution is 8.00. The fourth-order valence-corrected chi connectivity index (χ4v) is 1.81. The van der Waals surface area contributed by atoms with E-state index in [2.05, 4.69) is 17.2 Å². The first-order valence-electron chi connectivity index (χ1n) is 5.71. The molecule has 2 N–H and O–H groups in total. The molecule has 8 heteroatoms. The zero-order chi connectivity index (χ0) is 15.9. The van der Waals surface area contributed by atoms with Gasteiger partial charge in [0.2, 0.25) is 0 Å². The number of alkyl halides is 3. The lowest BCUT2D eigenvalue weighted by Gasteiger charge is -2.08. The molecule has 0 aliphatic carbocycles. The van der Waals surface area contributed by atoms with Gasteiger partial charge in [-0.05, 0) is 30.0 Å². The Balaban J connectivity index is 2.71. The summed E-state index contributed by atoms with van der Waals surface area (Å²) in [5.41, 5.74) is -4.26. The molecule has 0 radical (unpaired) electrons. The fourth-order valence-electron chi connectivity index (χ4n) is 1.37. The molecule has 0 saturated heterocycles. The van der Waals surface area contributed by atoms with Crippen molar-refractivity contribution in [2.45, 2.75) is 5.51 Å². The van der Waals surface area contributed by atoms with Crippen molar-refractivity contribution in [3.05, 3.63) is 35.1 Å². The largest absolute Gasteiger partial charge is 0.441 e. The maximum absolute atomic E-state index is 13.1. The Hall–Kier alpha value is -1.72. The second-order valence-electron chi connectivity index (χ2n) is 3.70. The number of carbonyl (C=O) groups excluding carboxylic acids is 1. The molecule has 0 fully saturated rings. The zero-order valence-electron chi connectivity index (χ0n) is 10.6. The molecule has 0 unspecified atom stereocenters. The summed E-state index contributed by atoms with van der Waals surface area (Å²) in [5, 5.41) is 10.9. The number of carbonyl (C=O) groups is 1. The first-order valence-corrected chi connectivity index (χ1v) is 6.70. The van der Waals surface area contributed by atoms with E-state index >= 15 is 0 Å². The number of amides is 1. The summed E-state index contributed by atoms with van der Waals surface area (Å²) in [6, 6.07) is 3.29. The third kappa shape index (κ3) is 6.51. The Morgan fingerprint density at radius 2 is 2.10 bits per heavy atom. The van der Waals surface area contributed by atoms with Gasteiger partial charge in [0, 0.05) is 17.9 Å². The molecule has 0 heterocycles. The van der Waals surface area contributed by atoms with Crippen LogP contribution in [0.4, 0.5) is 17.6 Å². The average molecular weight is 321 g/mol. The van der Waals surface area contributed by atoms with Gasteiger partial charge in [-0.15, -0.1) is 0 Å². The van der Waals surface area contributed by atoms with Crippen LogP contribution in [0.1, 0.15) is 15.9 Å². The maximum Gasteiger partial charge on any atom is 0.441 e. The van der Waals surface area contributed by atoms with Crippen LogP contribution in [0.3, 0.4) is 0 Å². The third-order valence-electron chi connectivity index (χ3n) is 2.18. The third-order valence-corrected chi connectivity index (χ3v) is 2.92. The van der Waals surface area contributed by atoms with Gasteiger partial charge in [-0.1, -0.05) is 11.8 Å². The summed E-state index contributed by atoms with van der Waals surface area (Å²) >= 11 is -0.258. The van der Waals surface area contributed by atoms with Gasteiger partial charge < -0.3 is 10.4 Å². The number of thioether (sulfide) groups is 1. The van der Waals surface area contributed by atoms with Crippen molar-refractivity contribution in [1.29, 1.82) is 0 Å². The van der Waals surface area contributed by atoms with Crippen LogP contribution in [-0.4, -0.2) is 35.4 Å². The van der Waals surface area contributed by atoms with Gasteiger partial charge in [0.05, 0.1) is 5.56 Å². The zero-order valence-corrected chi connectivity index (χ0v) is 11.4. The summed E-state index contributed by atoms with van der Waals surface area (Å²) in [5.74, 6) is 3.05. The summed E-state index contributed by atoms with van der Waals surface area (Å²) in [7, 11) is 0. The molecule has 1 amide bonds. The van der Waals surface area contributed by atoms with E-state index in [0.717, 1.165) is 12.1 Å². The lowest BCUT2D eigenvalue weighted by molar-refractivity contribution is -0.0327. The van der Waals surface area contributed by atoms with Crippen LogP contribution < -0.4 is 5.32 Å². The standard InChI is InChI=1S/C13H11F4NO2S/c14-10-4-3-9(2-1-6-19)11(8-10)12(20)18-5-7-21-13(15,16)17/h3-4,8,19H,5-7H2,(H,18,20). The molecular formula is C13H11F4NO2S. The molecule has 0 bridgehead atoms. The first kappa shape index (κ1) is 17.3. The minimum atomic E-state index is -4.36. The molecule has 0 spiro atoms. The highest BCUT2D eigenvalue weighted by Gasteiger charge is 2.27. The maximum atomic E-state index is 13.1. The van der Waals surface area contributed by atoms with E-state index in [4.69, 9.17) is 5.11 Å². The fraction of sp³-hybridized carbons (Fsp3) is 0.308. The van der Waals surface area contributed by atoms with E-state index in [0.29, 0.717) is 0 Å². The van der Waals surface area contributed by atoms with Crippen LogP contribution in [0.25, 0.3) is 0 Å². The van der Waals surface area contributed by atoms with Gasteiger partial charge in [0.25, 0.3) is 5.91 Å². The van der Waals surface area contributed by atoms with Gasteiger partial charge in [0.15, 0.2) is 0 Å². The van der Waals surface area contributed by atoms with Crippen LogP contribution in [0.5, 0.6) is 0 Å². The molecule has 0 atom stereocenters. The Labute approximate surface area is 122 Å². The normalized spacial score (nSPS) is 10.7. The minimum Gasteiger partial charge on any atom is -0.384 e. The number of aliphatic hydroxyl groups is 1. The lowest BCUT2D eigenvalue weighted by Crippen LogP contribution is -2.27. The van der Waals surface area contributed by atoms with Crippen molar-refractivity contribution in [2.75, 3.05) is 18.9 Å². The molecule has 0 saturated carbocycles. The summed E-state index contributed by atoms with van der Waals surface area (Å²) < 4.78 is 48.9. The molecule has 1 rings (SSSR count). The van der Waals surface area contributed by atoms with E-state index in [1.807, 2.05) is 0 Å². The Morgan fingerprint density at radius 3 is 2.71 bits per heavy atom. The number of benzene rings is 1. The van der Waals surface area contributed by atoms with Gasteiger partial charge in [-0.2, -0.15) is 13.2 Å². The molecule has 114 valence electrons. The van der Waals surface area contributed by atoms with E-state index in [1.54, 1.807) is 0 Å². The molecule has 3 nitrogen and oxygen atoms in total. The van der Waals surface area contributed by atoms with E-state index in [-0.39, 0.29) is 35.2 Å². The van der Waals surface area contributed by atoms with Crippen LogP contribution in [0.2, 0.25) is 0 Å². The minimum absolute atomic E-state index is 0.0899. The van der Waals surface area contributed by atoms with Gasteiger partial charge in [0.1, 0.15) is 12.4 Å². The van der Waals surface area contributed by atoms with Crippen LogP contribution >= 0.6 is 11.8 Å². The smallest absolute Gasteiger partial charge is 0.384 e.